The molecule has 0 fully saturated rings. The number of nitrogens with zero attached hydrogens (tertiary/aromatic N) is 3. The van der Waals surface area contributed by atoms with Crippen molar-refractivity contribution in [3.8, 4) is 17.4 Å². The van der Waals surface area contributed by atoms with Crippen molar-refractivity contribution in [2.45, 2.75) is 13.1 Å². The van der Waals surface area contributed by atoms with Crippen molar-refractivity contribution in [3.05, 3.63) is 54.1 Å². The molecule has 22 heavy (non-hydrogen) atoms. The zero-order valence-corrected chi connectivity index (χ0v) is 11.9. The number of hydrogen-bond acceptors (Lipinski definition) is 6. The first-order valence-electron chi connectivity index (χ1n) is 7.18. The summed E-state index contributed by atoms with van der Waals surface area (Å²) in [4.78, 5) is 2.23. The molecule has 6 nitrogen and oxygen atoms in total. The Morgan fingerprint density at radius 1 is 1.09 bits per heavy atom. The second kappa shape index (κ2) is 5.65. The minimum absolute atomic E-state index is 0.409. The smallest absolute Gasteiger partial charge is 0.283 e. The van der Waals surface area contributed by atoms with E-state index in [1.165, 1.54) is 5.56 Å². The fourth-order valence-electron chi connectivity index (χ4n) is 2.52. The van der Waals surface area contributed by atoms with Gasteiger partial charge in [0.1, 0.15) is 12.4 Å². The van der Waals surface area contributed by atoms with Crippen LogP contribution in [0.5, 0.6) is 5.75 Å². The Hall–Kier alpha value is -2.60. The van der Waals surface area contributed by atoms with Crippen LogP contribution in [0.3, 0.4) is 0 Å². The second-order valence-electron chi connectivity index (χ2n) is 5.15. The Morgan fingerprint density at radius 3 is 2.95 bits per heavy atom. The number of fused-ring (bicyclic) bond motifs is 1. The van der Waals surface area contributed by atoms with Gasteiger partial charge < -0.3 is 13.6 Å². The van der Waals surface area contributed by atoms with Crippen molar-refractivity contribution in [2.24, 2.45) is 0 Å². The molecule has 1 aliphatic rings. The molecule has 3 heterocycles. The fourth-order valence-corrected chi connectivity index (χ4v) is 2.52. The van der Waals surface area contributed by atoms with Crippen LogP contribution in [0.15, 0.2) is 51.5 Å². The van der Waals surface area contributed by atoms with Gasteiger partial charge in [0, 0.05) is 18.7 Å². The summed E-state index contributed by atoms with van der Waals surface area (Å²) in [6.07, 6.45) is 1.59. The van der Waals surface area contributed by atoms with E-state index in [9.17, 15) is 0 Å². The third-order valence-electron chi connectivity index (χ3n) is 3.59. The monoisotopic (exact) mass is 297 g/mol. The molecular formula is C16H15N3O3. The first-order chi connectivity index (χ1) is 10.9. The van der Waals surface area contributed by atoms with Crippen molar-refractivity contribution in [2.75, 3.05) is 13.2 Å². The summed E-state index contributed by atoms with van der Waals surface area (Å²) < 4.78 is 16.7. The van der Waals surface area contributed by atoms with Crippen molar-refractivity contribution in [3.63, 3.8) is 0 Å². The highest BCUT2D eigenvalue weighted by atomic mass is 16.5. The predicted molar refractivity (Wildman–Crippen MR) is 78.1 cm³/mol. The summed E-state index contributed by atoms with van der Waals surface area (Å²) in [5.74, 6) is 2.52. The van der Waals surface area contributed by atoms with Gasteiger partial charge >= 0.3 is 0 Å². The average Bonchev–Trinajstić information content (AvgIpc) is 3.16. The van der Waals surface area contributed by atoms with E-state index in [0.29, 0.717) is 30.7 Å². The average molecular weight is 297 g/mol. The van der Waals surface area contributed by atoms with Crippen molar-refractivity contribution >= 4 is 0 Å². The molecule has 0 atom stereocenters. The molecule has 0 spiro atoms. The van der Waals surface area contributed by atoms with E-state index < -0.39 is 0 Å². The lowest BCUT2D eigenvalue weighted by Crippen LogP contribution is -2.25. The molecule has 0 bridgehead atoms. The van der Waals surface area contributed by atoms with Gasteiger partial charge in [-0.3, -0.25) is 4.90 Å². The number of hydrogen-bond donors (Lipinski definition) is 0. The molecule has 0 saturated heterocycles. The topological polar surface area (TPSA) is 64.5 Å². The van der Waals surface area contributed by atoms with Crippen LogP contribution in [0.2, 0.25) is 0 Å². The number of para-hydroxylation sites is 1. The predicted octanol–water partition coefficient (Wildman–Crippen LogP) is 2.72. The van der Waals surface area contributed by atoms with Gasteiger partial charge in [-0.05, 0) is 18.2 Å². The van der Waals surface area contributed by atoms with Gasteiger partial charge in [0.05, 0.1) is 12.8 Å². The fraction of sp³-hybridized carbons (Fsp3) is 0.250. The maximum absolute atomic E-state index is 5.76. The highest BCUT2D eigenvalue weighted by Crippen LogP contribution is 2.24. The lowest BCUT2D eigenvalue weighted by molar-refractivity contribution is 0.203. The maximum Gasteiger partial charge on any atom is 0.283 e. The number of benzene rings is 1. The van der Waals surface area contributed by atoms with E-state index in [0.717, 1.165) is 18.8 Å². The van der Waals surface area contributed by atoms with Gasteiger partial charge in [-0.15, -0.1) is 10.2 Å². The van der Waals surface area contributed by atoms with E-state index in [-0.39, 0.29) is 0 Å². The zero-order valence-electron chi connectivity index (χ0n) is 11.9. The minimum Gasteiger partial charge on any atom is -0.492 e. The van der Waals surface area contributed by atoms with Crippen molar-refractivity contribution < 1.29 is 13.6 Å². The first-order valence-corrected chi connectivity index (χ1v) is 7.18. The van der Waals surface area contributed by atoms with E-state index in [1.54, 1.807) is 18.4 Å². The minimum atomic E-state index is 0.409. The Labute approximate surface area is 127 Å². The van der Waals surface area contributed by atoms with Crippen LogP contribution in [-0.2, 0) is 13.1 Å². The molecule has 4 rings (SSSR count). The molecule has 112 valence electrons. The third kappa shape index (κ3) is 2.60. The summed E-state index contributed by atoms with van der Waals surface area (Å²) in [7, 11) is 0. The van der Waals surface area contributed by atoms with Gasteiger partial charge in [-0.2, -0.15) is 0 Å². The molecule has 0 aliphatic carbocycles. The Bertz CT molecular complexity index is 752. The molecule has 0 amide bonds. The normalized spacial score (nSPS) is 15.1. The number of aromatic nitrogens is 2. The highest BCUT2D eigenvalue weighted by Gasteiger charge is 2.18. The second-order valence-corrected chi connectivity index (χ2v) is 5.15. The van der Waals surface area contributed by atoms with Crippen molar-refractivity contribution in [1.29, 1.82) is 0 Å². The van der Waals surface area contributed by atoms with Crippen LogP contribution in [0, 0.1) is 0 Å². The molecular weight excluding hydrogens is 282 g/mol. The Balaban J connectivity index is 1.50. The van der Waals surface area contributed by atoms with Crippen LogP contribution < -0.4 is 4.74 Å². The van der Waals surface area contributed by atoms with Crippen LogP contribution in [0.4, 0.5) is 0 Å². The van der Waals surface area contributed by atoms with E-state index >= 15 is 0 Å². The van der Waals surface area contributed by atoms with Gasteiger partial charge in [-0.1, -0.05) is 18.2 Å². The van der Waals surface area contributed by atoms with Gasteiger partial charge in [0.25, 0.3) is 5.89 Å². The Kier molecular flexibility index (Phi) is 3.36. The van der Waals surface area contributed by atoms with Crippen molar-refractivity contribution in [1.82, 2.24) is 15.1 Å². The summed E-state index contributed by atoms with van der Waals surface area (Å²) in [6.45, 7) is 2.85. The summed E-state index contributed by atoms with van der Waals surface area (Å²) in [6, 6.07) is 11.7. The highest BCUT2D eigenvalue weighted by molar-refractivity contribution is 5.42. The van der Waals surface area contributed by atoms with Gasteiger partial charge in [0.15, 0.2) is 5.76 Å². The molecule has 1 aliphatic heterocycles. The van der Waals surface area contributed by atoms with Crippen LogP contribution in [-0.4, -0.2) is 28.2 Å². The standard InChI is InChI=1S/C16H15N3O3/c1-2-5-13-12(4-1)10-19(7-9-21-13)11-15-17-18-16(22-15)14-6-3-8-20-14/h1-6,8H,7,9-11H2. The largest absolute Gasteiger partial charge is 0.492 e. The first kappa shape index (κ1) is 13.1. The number of rotatable bonds is 3. The molecule has 0 radical (unpaired) electrons. The maximum atomic E-state index is 5.76. The van der Waals surface area contributed by atoms with Crippen LogP contribution >= 0.6 is 0 Å². The summed E-state index contributed by atoms with van der Waals surface area (Å²) in [5.41, 5.74) is 1.17. The quantitative estimate of drug-likeness (QED) is 0.740. The third-order valence-corrected chi connectivity index (χ3v) is 3.59. The molecule has 0 unspecified atom stereocenters. The lowest BCUT2D eigenvalue weighted by atomic mass is 10.2. The van der Waals surface area contributed by atoms with Gasteiger partial charge in [0.2, 0.25) is 5.89 Å². The molecule has 3 aromatic rings. The molecule has 0 saturated carbocycles. The molecule has 1 aromatic carbocycles. The van der Waals surface area contributed by atoms with Gasteiger partial charge in [-0.25, -0.2) is 0 Å². The molecule has 6 heteroatoms. The summed E-state index contributed by atoms with van der Waals surface area (Å²) in [5, 5.41) is 8.12. The zero-order chi connectivity index (χ0) is 14.8. The SMILES string of the molecule is c1coc(-c2nnc(CN3CCOc4ccccc4C3)o2)c1. The lowest BCUT2D eigenvalue weighted by Gasteiger charge is -2.16. The number of ether oxygens (including phenoxy) is 1. The van der Waals surface area contributed by atoms with E-state index in [4.69, 9.17) is 13.6 Å². The van der Waals surface area contributed by atoms with E-state index in [1.807, 2.05) is 18.2 Å². The van der Waals surface area contributed by atoms with E-state index in [2.05, 4.69) is 21.2 Å². The number of furan rings is 1. The van der Waals surface area contributed by atoms with Crippen LogP contribution in [0.1, 0.15) is 11.5 Å². The van der Waals surface area contributed by atoms with Crippen LogP contribution in [0.25, 0.3) is 11.7 Å². The molecule has 0 N–H and O–H groups in total. The Morgan fingerprint density at radius 2 is 2.05 bits per heavy atom. The summed E-state index contributed by atoms with van der Waals surface area (Å²) >= 11 is 0. The molecule has 2 aromatic heterocycles.